The van der Waals surface area contributed by atoms with Gasteiger partial charge in [-0.3, -0.25) is 9.78 Å². The number of ether oxygens (including phenoxy) is 1. The summed E-state index contributed by atoms with van der Waals surface area (Å²) in [5, 5.41) is 0. The Morgan fingerprint density at radius 2 is 2.36 bits per heavy atom. The molecule has 0 saturated carbocycles. The standard InChI is InChI=1S/C11H11NO2/c13-7-11-4-3-9(6-12-11)10-2-1-5-14-8-10/h2-4,6-7H,1,5,8H2. The molecule has 0 bridgehead atoms. The lowest BCUT2D eigenvalue weighted by molar-refractivity contribution is 0.111. The molecule has 0 spiro atoms. The van der Waals surface area contributed by atoms with Crippen LogP contribution in [0.3, 0.4) is 0 Å². The van der Waals surface area contributed by atoms with Crippen LogP contribution in [0.2, 0.25) is 0 Å². The summed E-state index contributed by atoms with van der Waals surface area (Å²) in [6.07, 6.45) is 5.56. The van der Waals surface area contributed by atoms with Gasteiger partial charge in [-0.25, -0.2) is 0 Å². The second-order valence-corrected chi connectivity index (χ2v) is 3.16. The molecule has 0 radical (unpaired) electrons. The van der Waals surface area contributed by atoms with Crippen LogP contribution in [0.15, 0.2) is 24.4 Å². The number of aldehydes is 1. The van der Waals surface area contributed by atoms with Crippen molar-refractivity contribution in [2.75, 3.05) is 13.2 Å². The molecule has 1 aliphatic rings. The number of aromatic nitrogens is 1. The fourth-order valence-corrected chi connectivity index (χ4v) is 1.42. The lowest BCUT2D eigenvalue weighted by Crippen LogP contribution is -2.05. The van der Waals surface area contributed by atoms with Gasteiger partial charge in [-0.2, -0.15) is 0 Å². The third kappa shape index (κ3) is 1.88. The summed E-state index contributed by atoms with van der Waals surface area (Å²) in [5.74, 6) is 0. The van der Waals surface area contributed by atoms with Crippen LogP contribution < -0.4 is 0 Å². The van der Waals surface area contributed by atoms with Gasteiger partial charge in [0.15, 0.2) is 6.29 Å². The lowest BCUT2D eigenvalue weighted by Gasteiger charge is -2.13. The van der Waals surface area contributed by atoms with Gasteiger partial charge in [-0.1, -0.05) is 12.1 Å². The predicted octanol–water partition coefficient (Wildman–Crippen LogP) is 1.70. The van der Waals surface area contributed by atoms with Gasteiger partial charge in [0.25, 0.3) is 0 Å². The maximum atomic E-state index is 10.4. The topological polar surface area (TPSA) is 39.2 Å². The highest BCUT2D eigenvalue weighted by Crippen LogP contribution is 2.17. The van der Waals surface area contributed by atoms with Crippen molar-refractivity contribution >= 4 is 11.9 Å². The molecule has 1 aromatic rings. The van der Waals surface area contributed by atoms with Crippen LogP contribution in [-0.2, 0) is 4.74 Å². The number of carbonyl (C=O) groups excluding carboxylic acids is 1. The summed E-state index contributed by atoms with van der Waals surface area (Å²) in [4.78, 5) is 14.4. The van der Waals surface area contributed by atoms with E-state index in [1.54, 1.807) is 12.3 Å². The van der Waals surface area contributed by atoms with Gasteiger partial charge < -0.3 is 4.74 Å². The monoisotopic (exact) mass is 189 g/mol. The van der Waals surface area contributed by atoms with Crippen LogP contribution in [0.5, 0.6) is 0 Å². The minimum Gasteiger partial charge on any atom is -0.376 e. The first-order valence-corrected chi connectivity index (χ1v) is 4.58. The van der Waals surface area contributed by atoms with Gasteiger partial charge in [0, 0.05) is 6.20 Å². The van der Waals surface area contributed by atoms with Crippen LogP contribution in [0.1, 0.15) is 22.5 Å². The Balaban J connectivity index is 2.23. The van der Waals surface area contributed by atoms with Crippen molar-refractivity contribution in [1.29, 1.82) is 0 Å². The van der Waals surface area contributed by atoms with Crippen molar-refractivity contribution in [3.63, 3.8) is 0 Å². The van der Waals surface area contributed by atoms with Crippen LogP contribution >= 0.6 is 0 Å². The molecule has 0 aromatic carbocycles. The predicted molar refractivity (Wildman–Crippen MR) is 53.0 cm³/mol. The average Bonchev–Trinajstić information content (AvgIpc) is 2.30. The van der Waals surface area contributed by atoms with E-state index in [4.69, 9.17) is 4.74 Å². The first-order chi connectivity index (χ1) is 6.90. The molecule has 3 nitrogen and oxygen atoms in total. The smallest absolute Gasteiger partial charge is 0.168 e. The van der Waals surface area contributed by atoms with E-state index >= 15 is 0 Å². The van der Waals surface area contributed by atoms with E-state index in [-0.39, 0.29) is 0 Å². The molecular formula is C11H11NO2. The van der Waals surface area contributed by atoms with Crippen molar-refractivity contribution in [2.45, 2.75) is 6.42 Å². The van der Waals surface area contributed by atoms with E-state index in [2.05, 4.69) is 11.1 Å². The van der Waals surface area contributed by atoms with Crippen LogP contribution in [0.4, 0.5) is 0 Å². The third-order valence-electron chi connectivity index (χ3n) is 2.19. The summed E-state index contributed by atoms with van der Waals surface area (Å²) in [6, 6.07) is 3.62. The molecule has 0 fully saturated rings. The Morgan fingerprint density at radius 1 is 1.43 bits per heavy atom. The minimum atomic E-state index is 0.464. The molecule has 3 heteroatoms. The number of pyridine rings is 1. The lowest BCUT2D eigenvalue weighted by atomic mass is 10.1. The Labute approximate surface area is 82.4 Å². The summed E-state index contributed by atoms with van der Waals surface area (Å²) < 4.78 is 5.33. The Kier molecular flexibility index (Phi) is 2.70. The van der Waals surface area contributed by atoms with Crippen LogP contribution in [-0.4, -0.2) is 24.5 Å². The van der Waals surface area contributed by atoms with E-state index < -0.39 is 0 Å². The first kappa shape index (κ1) is 9.09. The number of carbonyl (C=O) groups is 1. The highest BCUT2D eigenvalue weighted by Gasteiger charge is 2.06. The Hall–Kier alpha value is -1.48. The van der Waals surface area contributed by atoms with E-state index in [0.29, 0.717) is 12.3 Å². The highest BCUT2D eigenvalue weighted by molar-refractivity contribution is 5.73. The molecule has 1 aromatic heterocycles. The molecule has 0 saturated heterocycles. The number of nitrogens with zero attached hydrogens (tertiary/aromatic N) is 1. The van der Waals surface area contributed by atoms with E-state index in [9.17, 15) is 4.79 Å². The van der Waals surface area contributed by atoms with Gasteiger partial charge in [0.05, 0.1) is 13.2 Å². The molecule has 14 heavy (non-hydrogen) atoms. The van der Waals surface area contributed by atoms with E-state index in [0.717, 1.165) is 30.5 Å². The zero-order valence-electron chi connectivity index (χ0n) is 7.77. The summed E-state index contributed by atoms with van der Waals surface area (Å²) >= 11 is 0. The van der Waals surface area contributed by atoms with Crippen LogP contribution in [0.25, 0.3) is 5.57 Å². The molecule has 1 aliphatic heterocycles. The van der Waals surface area contributed by atoms with Gasteiger partial charge in [-0.05, 0) is 23.6 Å². The van der Waals surface area contributed by atoms with Gasteiger partial charge in [-0.15, -0.1) is 0 Å². The number of rotatable bonds is 2. The van der Waals surface area contributed by atoms with Crippen molar-refractivity contribution in [3.8, 4) is 0 Å². The molecule has 0 N–H and O–H groups in total. The fourth-order valence-electron chi connectivity index (χ4n) is 1.42. The van der Waals surface area contributed by atoms with Crippen LogP contribution in [0, 0.1) is 0 Å². The molecule has 2 rings (SSSR count). The fraction of sp³-hybridized carbons (Fsp3) is 0.273. The molecular weight excluding hydrogens is 178 g/mol. The van der Waals surface area contributed by atoms with Gasteiger partial charge in [0.1, 0.15) is 5.69 Å². The van der Waals surface area contributed by atoms with Gasteiger partial charge >= 0.3 is 0 Å². The van der Waals surface area contributed by atoms with Crippen molar-refractivity contribution in [1.82, 2.24) is 4.98 Å². The zero-order chi connectivity index (χ0) is 9.80. The summed E-state index contributed by atoms with van der Waals surface area (Å²) in [7, 11) is 0. The third-order valence-corrected chi connectivity index (χ3v) is 2.19. The largest absolute Gasteiger partial charge is 0.376 e. The van der Waals surface area contributed by atoms with E-state index in [1.807, 2.05) is 6.07 Å². The zero-order valence-corrected chi connectivity index (χ0v) is 7.77. The maximum Gasteiger partial charge on any atom is 0.168 e. The van der Waals surface area contributed by atoms with Gasteiger partial charge in [0.2, 0.25) is 0 Å². The molecule has 0 aliphatic carbocycles. The SMILES string of the molecule is O=Cc1ccc(C2=CCCOC2)cn1. The second kappa shape index (κ2) is 4.15. The molecule has 0 atom stereocenters. The minimum absolute atomic E-state index is 0.464. The maximum absolute atomic E-state index is 10.4. The van der Waals surface area contributed by atoms with Crippen molar-refractivity contribution in [2.24, 2.45) is 0 Å². The number of hydrogen-bond acceptors (Lipinski definition) is 3. The summed E-state index contributed by atoms with van der Waals surface area (Å²) in [6.45, 7) is 1.44. The van der Waals surface area contributed by atoms with E-state index in [1.165, 1.54) is 0 Å². The quantitative estimate of drug-likeness (QED) is 0.665. The average molecular weight is 189 g/mol. The second-order valence-electron chi connectivity index (χ2n) is 3.16. The molecule has 2 heterocycles. The Morgan fingerprint density at radius 3 is 2.93 bits per heavy atom. The Bertz CT molecular complexity index is 354. The molecule has 72 valence electrons. The summed E-state index contributed by atoms with van der Waals surface area (Å²) in [5.41, 5.74) is 2.66. The molecule has 0 amide bonds. The normalized spacial score (nSPS) is 16.1. The van der Waals surface area contributed by atoms with Crippen molar-refractivity contribution in [3.05, 3.63) is 35.7 Å². The van der Waals surface area contributed by atoms with Crippen molar-refractivity contribution < 1.29 is 9.53 Å². The number of hydrogen-bond donors (Lipinski definition) is 0. The molecule has 0 unspecified atom stereocenters. The highest BCUT2D eigenvalue weighted by atomic mass is 16.5. The first-order valence-electron chi connectivity index (χ1n) is 4.58.